The molecule has 0 bridgehead atoms. The Bertz CT molecular complexity index is 169. The van der Waals surface area contributed by atoms with Gasteiger partial charge in [-0.25, -0.2) is 0 Å². The summed E-state index contributed by atoms with van der Waals surface area (Å²) in [6, 6.07) is 0.343. The van der Waals surface area contributed by atoms with Crippen LogP contribution < -0.4 is 5.32 Å². The first-order valence-corrected chi connectivity index (χ1v) is 6.36. The Morgan fingerprint density at radius 2 is 2.00 bits per heavy atom. The first kappa shape index (κ1) is 15.9. The van der Waals surface area contributed by atoms with E-state index >= 15 is 0 Å². The Morgan fingerprint density at radius 1 is 1.38 bits per heavy atom. The van der Waals surface area contributed by atoms with Crippen molar-refractivity contribution in [2.75, 3.05) is 20.3 Å². The summed E-state index contributed by atoms with van der Waals surface area (Å²) in [4.78, 5) is 0. The van der Waals surface area contributed by atoms with E-state index in [0.29, 0.717) is 25.1 Å². The highest BCUT2D eigenvalue weighted by Gasteiger charge is 2.21. The lowest BCUT2D eigenvalue weighted by Gasteiger charge is -2.27. The summed E-state index contributed by atoms with van der Waals surface area (Å²) in [7, 11) is 1.71. The van der Waals surface area contributed by atoms with Crippen molar-refractivity contribution in [1.29, 1.82) is 0 Å². The van der Waals surface area contributed by atoms with Gasteiger partial charge < -0.3 is 15.2 Å². The molecule has 0 aromatic rings. The molecule has 3 heteroatoms. The molecule has 0 rings (SSSR count). The minimum atomic E-state index is -0.606. The topological polar surface area (TPSA) is 41.5 Å². The number of rotatable bonds is 9. The largest absolute Gasteiger partial charge is 0.389 e. The molecular formula is C13H29NO2. The molecule has 0 radical (unpaired) electrons. The van der Waals surface area contributed by atoms with E-state index in [1.807, 2.05) is 6.92 Å². The van der Waals surface area contributed by atoms with Crippen molar-refractivity contribution >= 4 is 0 Å². The third-order valence-corrected chi connectivity index (χ3v) is 2.89. The molecule has 0 amide bonds. The SMILES string of the molecule is CCC(COC)NCC(C)(O)CCC(C)C. The summed E-state index contributed by atoms with van der Waals surface area (Å²) < 4.78 is 5.11. The van der Waals surface area contributed by atoms with Gasteiger partial charge in [0.25, 0.3) is 0 Å². The van der Waals surface area contributed by atoms with Crippen LogP contribution in [-0.2, 0) is 4.74 Å². The molecule has 0 aliphatic rings. The Morgan fingerprint density at radius 3 is 2.44 bits per heavy atom. The van der Waals surface area contributed by atoms with Crippen molar-refractivity contribution in [3.63, 3.8) is 0 Å². The van der Waals surface area contributed by atoms with Crippen LogP contribution >= 0.6 is 0 Å². The molecule has 3 nitrogen and oxygen atoms in total. The zero-order valence-corrected chi connectivity index (χ0v) is 11.5. The molecule has 0 aliphatic heterocycles. The smallest absolute Gasteiger partial charge is 0.0743 e. The standard InChI is InChI=1S/C13H29NO2/c1-6-12(9-16-5)14-10-13(4,15)8-7-11(2)3/h11-12,14-15H,6-10H2,1-5H3. The van der Waals surface area contributed by atoms with Crippen LogP contribution in [0, 0.1) is 5.92 Å². The molecule has 16 heavy (non-hydrogen) atoms. The summed E-state index contributed by atoms with van der Waals surface area (Å²) in [5, 5.41) is 13.5. The lowest BCUT2D eigenvalue weighted by atomic mass is 9.95. The Balaban J connectivity index is 3.86. The van der Waals surface area contributed by atoms with E-state index in [1.165, 1.54) is 0 Å². The van der Waals surface area contributed by atoms with Crippen molar-refractivity contribution in [3.05, 3.63) is 0 Å². The molecule has 0 aromatic carbocycles. The van der Waals surface area contributed by atoms with Crippen LogP contribution in [0.3, 0.4) is 0 Å². The highest BCUT2D eigenvalue weighted by atomic mass is 16.5. The van der Waals surface area contributed by atoms with Crippen molar-refractivity contribution < 1.29 is 9.84 Å². The quantitative estimate of drug-likeness (QED) is 0.639. The Kier molecular flexibility index (Phi) is 7.98. The average molecular weight is 231 g/mol. The molecule has 0 aromatic heterocycles. The fourth-order valence-electron chi connectivity index (χ4n) is 1.57. The molecule has 0 saturated heterocycles. The van der Waals surface area contributed by atoms with E-state index in [-0.39, 0.29) is 0 Å². The number of nitrogens with one attached hydrogen (secondary N) is 1. The van der Waals surface area contributed by atoms with Crippen molar-refractivity contribution in [2.45, 2.75) is 58.6 Å². The summed E-state index contributed by atoms with van der Waals surface area (Å²) in [5.41, 5.74) is -0.606. The number of hydrogen-bond acceptors (Lipinski definition) is 3. The fraction of sp³-hybridized carbons (Fsp3) is 1.00. The predicted molar refractivity (Wildman–Crippen MR) is 68.7 cm³/mol. The lowest BCUT2D eigenvalue weighted by Crippen LogP contribution is -2.44. The predicted octanol–water partition coefficient (Wildman–Crippen LogP) is 2.19. The number of hydrogen-bond donors (Lipinski definition) is 2. The zero-order chi connectivity index (χ0) is 12.6. The van der Waals surface area contributed by atoms with E-state index in [0.717, 1.165) is 19.3 Å². The van der Waals surface area contributed by atoms with E-state index < -0.39 is 5.60 Å². The summed E-state index contributed by atoms with van der Waals surface area (Å²) in [5.74, 6) is 0.646. The monoisotopic (exact) mass is 231 g/mol. The minimum absolute atomic E-state index is 0.343. The molecule has 2 atom stereocenters. The second-order valence-electron chi connectivity index (χ2n) is 5.37. The molecule has 0 spiro atoms. The van der Waals surface area contributed by atoms with Gasteiger partial charge in [0, 0.05) is 19.7 Å². The van der Waals surface area contributed by atoms with Crippen LogP contribution in [0.4, 0.5) is 0 Å². The van der Waals surface area contributed by atoms with Gasteiger partial charge in [0.05, 0.1) is 12.2 Å². The van der Waals surface area contributed by atoms with Crippen LogP contribution in [0.2, 0.25) is 0 Å². The van der Waals surface area contributed by atoms with Crippen LogP contribution in [0.25, 0.3) is 0 Å². The molecular weight excluding hydrogens is 202 g/mol. The molecule has 2 N–H and O–H groups in total. The second-order valence-corrected chi connectivity index (χ2v) is 5.37. The second kappa shape index (κ2) is 8.04. The van der Waals surface area contributed by atoms with E-state index in [4.69, 9.17) is 4.74 Å². The molecule has 0 aliphatic carbocycles. The number of ether oxygens (including phenoxy) is 1. The molecule has 0 fully saturated rings. The third-order valence-electron chi connectivity index (χ3n) is 2.89. The fourth-order valence-corrected chi connectivity index (χ4v) is 1.57. The van der Waals surface area contributed by atoms with Gasteiger partial charge in [-0.15, -0.1) is 0 Å². The number of aliphatic hydroxyl groups is 1. The Hall–Kier alpha value is -0.120. The summed E-state index contributed by atoms with van der Waals surface area (Å²) in [6.45, 7) is 9.74. The highest BCUT2D eigenvalue weighted by Crippen LogP contribution is 2.15. The molecule has 0 heterocycles. The van der Waals surface area contributed by atoms with Crippen LogP contribution in [0.1, 0.15) is 47.0 Å². The summed E-state index contributed by atoms with van der Waals surface area (Å²) in [6.07, 6.45) is 2.94. The average Bonchev–Trinajstić information content (AvgIpc) is 2.21. The van der Waals surface area contributed by atoms with E-state index in [9.17, 15) is 5.11 Å². The number of methoxy groups -OCH3 is 1. The van der Waals surface area contributed by atoms with Crippen LogP contribution in [-0.4, -0.2) is 37.0 Å². The maximum absolute atomic E-state index is 10.2. The van der Waals surface area contributed by atoms with E-state index in [1.54, 1.807) is 7.11 Å². The Labute approximate surface area is 101 Å². The third kappa shape index (κ3) is 8.08. The molecule has 2 unspecified atom stereocenters. The molecule has 98 valence electrons. The van der Waals surface area contributed by atoms with Gasteiger partial charge in [-0.1, -0.05) is 20.8 Å². The van der Waals surface area contributed by atoms with Crippen LogP contribution in [0.15, 0.2) is 0 Å². The van der Waals surface area contributed by atoms with Crippen molar-refractivity contribution in [3.8, 4) is 0 Å². The van der Waals surface area contributed by atoms with Crippen molar-refractivity contribution in [1.82, 2.24) is 5.32 Å². The van der Waals surface area contributed by atoms with Gasteiger partial charge in [-0.3, -0.25) is 0 Å². The van der Waals surface area contributed by atoms with Gasteiger partial charge >= 0.3 is 0 Å². The van der Waals surface area contributed by atoms with Gasteiger partial charge in [0.2, 0.25) is 0 Å². The lowest BCUT2D eigenvalue weighted by molar-refractivity contribution is 0.0383. The van der Waals surface area contributed by atoms with Crippen molar-refractivity contribution in [2.24, 2.45) is 5.92 Å². The zero-order valence-electron chi connectivity index (χ0n) is 11.5. The maximum Gasteiger partial charge on any atom is 0.0743 e. The van der Waals surface area contributed by atoms with E-state index in [2.05, 4.69) is 26.1 Å². The maximum atomic E-state index is 10.2. The normalized spacial score (nSPS) is 17.4. The minimum Gasteiger partial charge on any atom is -0.389 e. The van der Waals surface area contributed by atoms with Gasteiger partial charge in [0.15, 0.2) is 0 Å². The highest BCUT2D eigenvalue weighted by molar-refractivity contribution is 4.78. The van der Waals surface area contributed by atoms with Gasteiger partial charge in [0.1, 0.15) is 0 Å². The van der Waals surface area contributed by atoms with Crippen LogP contribution in [0.5, 0.6) is 0 Å². The summed E-state index contributed by atoms with van der Waals surface area (Å²) >= 11 is 0. The first-order valence-electron chi connectivity index (χ1n) is 6.36. The van der Waals surface area contributed by atoms with Gasteiger partial charge in [-0.05, 0) is 32.1 Å². The molecule has 0 saturated carbocycles. The first-order chi connectivity index (χ1) is 7.41. The van der Waals surface area contributed by atoms with Gasteiger partial charge in [-0.2, -0.15) is 0 Å².